The standard InChI is InChI=1S/C24H54O4Si2/c1-5-19-25-29(26-20-6-2)23-17-15-13-11-9-10-12-14-16-18-24-30(27-21-7-3)28-22-8-4/h29-30H,5-24H2,1-4H3. The first kappa shape index (κ1) is 30.3. The molecule has 0 aromatic rings. The highest BCUT2D eigenvalue weighted by Crippen LogP contribution is 2.14. The lowest BCUT2D eigenvalue weighted by Gasteiger charge is -2.16. The molecule has 0 aromatic carbocycles. The van der Waals surface area contributed by atoms with E-state index < -0.39 is 18.6 Å². The second-order valence-electron chi connectivity index (χ2n) is 8.46. The third kappa shape index (κ3) is 21.5. The van der Waals surface area contributed by atoms with Gasteiger partial charge < -0.3 is 17.7 Å². The SMILES string of the molecule is CCCO[SiH](CCCCCCCCCCCC[SiH](OCCC)OCCC)OCCC. The maximum Gasteiger partial charge on any atom is 0.321 e. The molecule has 4 nitrogen and oxygen atoms in total. The van der Waals surface area contributed by atoms with E-state index in [4.69, 9.17) is 17.7 Å². The van der Waals surface area contributed by atoms with Crippen molar-refractivity contribution in [1.82, 2.24) is 0 Å². The Morgan fingerprint density at radius 2 is 0.600 bits per heavy atom. The van der Waals surface area contributed by atoms with Gasteiger partial charge in [-0.15, -0.1) is 0 Å². The van der Waals surface area contributed by atoms with Crippen molar-refractivity contribution in [3.8, 4) is 0 Å². The minimum absolute atomic E-state index is 0.876. The third-order valence-electron chi connectivity index (χ3n) is 5.16. The Hall–Kier alpha value is 0.274. The molecule has 0 aliphatic rings. The summed E-state index contributed by atoms with van der Waals surface area (Å²) in [4.78, 5) is 0. The molecule has 0 rings (SSSR count). The highest BCUT2D eigenvalue weighted by atomic mass is 28.3. The number of hydrogen-bond donors (Lipinski definition) is 0. The molecule has 0 saturated carbocycles. The van der Waals surface area contributed by atoms with E-state index in [0.29, 0.717) is 0 Å². The molecule has 0 N–H and O–H groups in total. The molecule has 0 unspecified atom stereocenters. The van der Waals surface area contributed by atoms with Crippen LogP contribution in [0, 0.1) is 0 Å². The van der Waals surface area contributed by atoms with Gasteiger partial charge in [-0.05, 0) is 37.8 Å². The van der Waals surface area contributed by atoms with Gasteiger partial charge >= 0.3 is 18.6 Å². The highest BCUT2D eigenvalue weighted by Gasteiger charge is 2.13. The first-order valence-corrected chi connectivity index (χ1v) is 16.8. The average Bonchev–Trinajstić information content (AvgIpc) is 2.76. The Labute approximate surface area is 192 Å². The number of unbranched alkanes of at least 4 members (excludes halogenated alkanes) is 9. The minimum atomic E-state index is -1.39. The van der Waals surface area contributed by atoms with Gasteiger partial charge in [-0.2, -0.15) is 0 Å². The van der Waals surface area contributed by atoms with Crippen LogP contribution in [0.4, 0.5) is 0 Å². The van der Waals surface area contributed by atoms with Crippen molar-refractivity contribution < 1.29 is 17.7 Å². The van der Waals surface area contributed by atoms with Gasteiger partial charge in [0.2, 0.25) is 0 Å². The van der Waals surface area contributed by atoms with Crippen molar-refractivity contribution in [2.75, 3.05) is 26.4 Å². The quantitative estimate of drug-likeness (QED) is 0.108. The molecule has 30 heavy (non-hydrogen) atoms. The largest absolute Gasteiger partial charge is 0.397 e. The van der Waals surface area contributed by atoms with Crippen molar-refractivity contribution in [3.05, 3.63) is 0 Å². The lowest BCUT2D eigenvalue weighted by molar-refractivity contribution is 0.195. The second-order valence-corrected chi connectivity index (χ2v) is 12.7. The van der Waals surface area contributed by atoms with Crippen LogP contribution in [0.5, 0.6) is 0 Å². The topological polar surface area (TPSA) is 36.9 Å². The van der Waals surface area contributed by atoms with Crippen molar-refractivity contribution >= 4 is 18.6 Å². The van der Waals surface area contributed by atoms with Gasteiger partial charge in [0.15, 0.2) is 0 Å². The van der Waals surface area contributed by atoms with E-state index in [1.807, 2.05) is 0 Å². The van der Waals surface area contributed by atoms with Crippen LogP contribution in [0.15, 0.2) is 0 Å². The van der Waals surface area contributed by atoms with Crippen molar-refractivity contribution in [1.29, 1.82) is 0 Å². The summed E-state index contributed by atoms with van der Waals surface area (Å²) in [6.07, 6.45) is 18.0. The molecule has 0 heterocycles. The Kier molecular flexibility index (Phi) is 25.8. The first-order valence-electron chi connectivity index (χ1n) is 13.2. The molecule has 0 aliphatic heterocycles. The molecule has 0 aliphatic carbocycles. The average molecular weight is 463 g/mol. The van der Waals surface area contributed by atoms with Gasteiger partial charge in [0.25, 0.3) is 0 Å². The summed E-state index contributed by atoms with van der Waals surface area (Å²) in [6, 6.07) is 2.38. The van der Waals surface area contributed by atoms with Crippen LogP contribution in [-0.4, -0.2) is 45.0 Å². The summed E-state index contributed by atoms with van der Waals surface area (Å²) in [5.41, 5.74) is 0. The number of hydrogen-bond acceptors (Lipinski definition) is 4. The van der Waals surface area contributed by atoms with Crippen LogP contribution >= 0.6 is 0 Å². The van der Waals surface area contributed by atoms with Gasteiger partial charge in [0.05, 0.1) is 0 Å². The summed E-state index contributed by atoms with van der Waals surface area (Å²) in [5, 5.41) is 0. The van der Waals surface area contributed by atoms with E-state index >= 15 is 0 Å². The molecule has 0 atom stereocenters. The highest BCUT2D eigenvalue weighted by molar-refractivity contribution is 6.44. The molecular formula is C24H54O4Si2. The lowest BCUT2D eigenvalue weighted by atomic mass is 10.1. The summed E-state index contributed by atoms with van der Waals surface area (Å²) in [6.45, 7) is 12.2. The second kappa shape index (κ2) is 25.5. The number of rotatable bonds is 25. The zero-order valence-electron chi connectivity index (χ0n) is 20.9. The van der Waals surface area contributed by atoms with E-state index in [1.54, 1.807) is 0 Å². The van der Waals surface area contributed by atoms with E-state index in [1.165, 1.54) is 76.3 Å². The predicted molar refractivity (Wildman–Crippen MR) is 135 cm³/mol. The summed E-state index contributed by atoms with van der Waals surface area (Å²) in [5.74, 6) is 0. The zero-order chi connectivity index (χ0) is 22.1. The van der Waals surface area contributed by atoms with E-state index in [2.05, 4.69) is 27.7 Å². The van der Waals surface area contributed by atoms with Crippen LogP contribution in [0.25, 0.3) is 0 Å². The predicted octanol–water partition coefficient (Wildman–Crippen LogP) is 7.03. The summed E-state index contributed by atoms with van der Waals surface area (Å²) >= 11 is 0. The van der Waals surface area contributed by atoms with Crippen LogP contribution < -0.4 is 0 Å². The summed E-state index contributed by atoms with van der Waals surface area (Å²) in [7, 11) is -2.77. The van der Waals surface area contributed by atoms with E-state index in [-0.39, 0.29) is 0 Å². The van der Waals surface area contributed by atoms with Gasteiger partial charge in [-0.25, -0.2) is 0 Å². The van der Waals surface area contributed by atoms with Gasteiger partial charge in [-0.1, -0.05) is 91.9 Å². The van der Waals surface area contributed by atoms with Crippen LogP contribution in [-0.2, 0) is 17.7 Å². The maximum atomic E-state index is 5.94. The van der Waals surface area contributed by atoms with Gasteiger partial charge in [0, 0.05) is 26.4 Å². The molecule has 182 valence electrons. The molecular weight excluding hydrogens is 408 g/mol. The van der Waals surface area contributed by atoms with E-state index in [9.17, 15) is 0 Å². The first-order chi connectivity index (χ1) is 14.8. The molecule has 0 saturated heterocycles. The van der Waals surface area contributed by atoms with Crippen molar-refractivity contribution in [2.45, 2.75) is 130 Å². The molecule has 0 bridgehead atoms. The van der Waals surface area contributed by atoms with Gasteiger partial charge in [0.1, 0.15) is 0 Å². The Morgan fingerprint density at radius 3 is 0.833 bits per heavy atom. The van der Waals surface area contributed by atoms with Crippen molar-refractivity contribution in [3.63, 3.8) is 0 Å². The summed E-state index contributed by atoms with van der Waals surface area (Å²) < 4.78 is 23.8. The molecule has 0 amide bonds. The van der Waals surface area contributed by atoms with Crippen LogP contribution in [0.1, 0.15) is 118 Å². The molecule has 6 heteroatoms. The fourth-order valence-electron chi connectivity index (χ4n) is 3.46. The fourth-order valence-corrected chi connectivity index (χ4v) is 7.56. The van der Waals surface area contributed by atoms with E-state index in [0.717, 1.165) is 52.1 Å². The van der Waals surface area contributed by atoms with Crippen LogP contribution in [0.2, 0.25) is 12.1 Å². The monoisotopic (exact) mass is 462 g/mol. The molecule has 0 spiro atoms. The Morgan fingerprint density at radius 1 is 0.367 bits per heavy atom. The fraction of sp³-hybridized carbons (Fsp3) is 1.00. The minimum Gasteiger partial charge on any atom is -0.397 e. The smallest absolute Gasteiger partial charge is 0.321 e. The molecule has 0 radical (unpaired) electrons. The zero-order valence-corrected chi connectivity index (χ0v) is 23.2. The normalized spacial score (nSPS) is 11.8. The van der Waals surface area contributed by atoms with Crippen LogP contribution in [0.3, 0.4) is 0 Å². The Bertz CT molecular complexity index is 276. The molecule has 0 aromatic heterocycles. The lowest BCUT2D eigenvalue weighted by Crippen LogP contribution is -2.23. The maximum absolute atomic E-state index is 5.94. The third-order valence-corrected chi connectivity index (χ3v) is 9.35. The van der Waals surface area contributed by atoms with Crippen molar-refractivity contribution in [2.24, 2.45) is 0 Å². The Balaban J connectivity index is 3.49. The van der Waals surface area contributed by atoms with Gasteiger partial charge in [-0.3, -0.25) is 0 Å². The molecule has 0 fully saturated rings.